The van der Waals surface area contributed by atoms with Crippen molar-refractivity contribution in [3.8, 4) is 0 Å². The third kappa shape index (κ3) is 6.46. The molecule has 0 aliphatic heterocycles. The summed E-state index contributed by atoms with van der Waals surface area (Å²) in [6.07, 6.45) is 3.29. The fourth-order valence-corrected chi connectivity index (χ4v) is 2.47. The molecule has 0 aliphatic carbocycles. The highest BCUT2D eigenvalue weighted by Gasteiger charge is 2.08. The van der Waals surface area contributed by atoms with Crippen molar-refractivity contribution in [3.63, 3.8) is 0 Å². The number of carbonyl (C=O) groups excluding carboxylic acids is 2. The zero-order valence-corrected chi connectivity index (χ0v) is 16.1. The maximum atomic E-state index is 12.2. The van der Waals surface area contributed by atoms with Gasteiger partial charge in [-0.25, -0.2) is 0 Å². The molecule has 2 rings (SSSR count). The average molecular weight is 392 g/mol. The minimum atomic E-state index is -0.496. The molecule has 5 nitrogen and oxygen atoms in total. The van der Waals surface area contributed by atoms with Crippen molar-refractivity contribution in [1.29, 1.82) is 0 Å². The van der Waals surface area contributed by atoms with E-state index in [1.54, 1.807) is 36.4 Å². The Kier molecular flexibility index (Phi) is 8.75. The van der Waals surface area contributed by atoms with Gasteiger partial charge in [-0.2, -0.15) is 0 Å². The zero-order chi connectivity index (χ0) is 18.2. The van der Waals surface area contributed by atoms with E-state index in [1.807, 2.05) is 12.1 Å². The van der Waals surface area contributed by atoms with Gasteiger partial charge in [0.15, 0.2) is 5.11 Å². The van der Waals surface area contributed by atoms with E-state index >= 15 is 0 Å². The second kappa shape index (κ2) is 10.5. The summed E-state index contributed by atoms with van der Waals surface area (Å²) in [7, 11) is 0. The summed E-state index contributed by atoms with van der Waals surface area (Å²) in [6.45, 7) is 2.15. The molecule has 0 saturated carbocycles. The molecule has 138 valence electrons. The fraction of sp³-hybridized carbons (Fsp3) is 0.211. The SMILES string of the molecule is CCCCc1ccc(C(=O)NC(=S)Nc2ccc(C(N)=O)cc2)cc1.Cl. The summed E-state index contributed by atoms with van der Waals surface area (Å²) in [5, 5.41) is 5.72. The second-order valence-electron chi connectivity index (χ2n) is 5.65. The van der Waals surface area contributed by atoms with Gasteiger partial charge in [0, 0.05) is 16.8 Å². The molecule has 2 aromatic rings. The number of benzene rings is 2. The fourth-order valence-electron chi connectivity index (χ4n) is 2.26. The van der Waals surface area contributed by atoms with Gasteiger partial charge < -0.3 is 11.1 Å². The largest absolute Gasteiger partial charge is 0.366 e. The molecule has 4 N–H and O–H groups in total. The summed E-state index contributed by atoms with van der Waals surface area (Å²) >= 11 is 5.15. The van der Waals surface area contributed by atoms with Crippen LogP contribution in [0.4, 0.5) is 5.69 Å². The van der Waals surface area contributed by atoms with Gasteiger partial charge in [-0.3, -0.25) is 14.9 Å². The molecule has 26 heavy (non-hydrogen) atoms. The second-order valence-corrected chi connectivity index (χ2v) is 6.06. The van der Waals surface area contributed by atoms with Crippen LogP contribution in [0.25, 0.3) is 0 Å². The number of hydrogen-bond donors (Lipinski definition) is 3. The highest BCUT2D eigenvalue weighted by molar-refractivity contribution is 7.80. The van der Waals surface area contributed by atoms with E-state index in [-0.39, 0.29) is 23.4 Å². The van der Waals surface area contributed by atoms with E-state index in [4.69, 9.17) is 18.0 Å². The lowest BCUT2D eigenvalue weighted by Crippen LogP contribution is -2.34. The highest BCUT2D eigenvalue weighted by Crippen LogP contribution is 2.10. The van der Waals surface area contributed by atoms with Crippen LogP contribution in [0.5, 0.6) is 0 Å². The lowest BCUT2D eigenvalue weighted by atomic mass is 10.1. The number of halogens is 1. The van der Waals surface area contributed by atoms with Crippen molar-refractivity contribution in [3.05, 3.63) is 65.2 Å². The molecular formula is C19H22ClN3O2S. The van der Waals surface area contributed by atoms with Gasteiger partial charge in [0.2, 0.25) is 5.91 Å². The van der Waals surface area contributed by atoms with Crippen molar-refractivity contribution < 1.29 is 9.59 Å². The Morgan fingerprint density at radius 2 is 1.58 bits per heavy atom. The number of amides is 2. The third-order valence-corrected chi connectivity index (χ3v) is 3.89. The number of rotatable bonds is 6. The molecule has 0 aromatic heterocycles. The number of nitrogens with two attached hydrogens (primary N) is 1. The third-order valence-electron chi connectivity index (χ3n) is 3.69. The number of hydrogen-bond acceptors (Lipinski definition) is 3. The van der Waals surface area contributed by atoms with Gasteiger partial charge in [-0.1, -0.05) is 25.5 Å². The summed E-state index contributed by atoms with van der Waals surface area (Å²) in [5.41, 5.74) is 8.02. The first kappa shape index (κ1) is 21.6. The van der Waals surface area contributed by atoms with Crippen LogP contribution in [0.2, 0.25) is 0 Å². The first-order valence-electron chi connectivity index (χ1n) is 8.10. The molecular weight excluding hydrogens is 370 g/mol. The van der Waals surface area contributed by atoms with Crippen molar-refractivity contribution >= 4 is 47.2 Å². The molecule has 0 saturated heterocycles. The van der Waals surface area contributed by atoms with Crippen LogP contribution in [0, 0.1) is 0 Å². The van der Waals surface area contributed by atoms with Crippen LogP contribution in [0.1, 0.15) is 46.0 Å². The number of unbranched alkanes of at least 4 members (excludes halogenated alkanes) is 1. The molecule has 2 amide bonds. The van der Waals surface area contributed by atoms with Crippen molar-refractivity contribution in [2.75, 3.05) is 5.32 Å². The average Bonchev–Trinajstić information content (AvgIpc) is 2.60. The van der Waals surface area contributed by atoms with Gasteiger partial charge >= 0.3 is 0 Å². The first-order valence-corrected chi connectivity index (χ1v) is 8.51. The van der Waals surface area contributed by atoms with E-state index in [2.05, 4.69) is 17.6 Å². The van der Waals surface area contributed by atoms with E-state index in [9.17, 15) is 9.59 Å². The normalized spacial score (nSPS) is 9.73. The quantitative estimate of drug-likeness (QED) is 0.656. The van der Waals surface area contributed by atoms with Crippen molar-refractivity contribution in [2.24, 2.45) is 5.73 Å². The lowest BCUT2D eigenvalue weighted by molar-refractivity contribution is 0.0975. The molecule has 0 heterocycles. The number of nitrogens with one attached hydrogen (secondary N) is 2. The molecule has 0 unspecified atom stereocenters. The molecule has 0 atom stereocenters. The number of anilines is 1. The molecule has 0 fully saturated rings. The molecule has 0 spiro atoms. The van der Waals surface area contributed by atoms with Gasteiger partial charge in [0.05, 0.1) is 0 Å². The molecule has 0 aliphatic rings. The van der Waals surface area contributed by atoms with E-state index in [0.717, 1.165) is 19.3 Å². The van der Waals surface area contributed by atoms with Crippen LogP contribution in [-0.4, -0.2) is 16.9 Å². The minimum Gasteiger partial charge on any atom is -0.366 e. The predicted octanol–water partition coefficient (Wildman–Crippen LogP) is 3.68. The van der Waals surface area contributed by atoms with Gasteiger partial charge in [0.1, 0.15) is 0 Å². The predicted molar refractivity (Wildman–Crippen MR) is 111 cm³/mol. The lowest BCUT2D eigenvalue weighted by Gasteiger charge is -2.10. The van der Waals surface area contributed by atoms with E-state index in [0.29, 0.717) is 16.8 Å². The Hall–Kier alpha value is -2.44. The standard InChI is InChI=1S/C19H21N3O2S.ClH/c1-2-3-4-13-5-7-15(8-6-13)18(24)22-19(25)21-16-11-9-14(10-12-16)17(20)23;/h5-12H,2-4H2,1H3,(H2,20,23)(H2,21,22,24,25);1H. The van der Waals surface area contributed by atoms with Gasteiger partial charge in [0.25, 0.3) is 5.91 Å². The summed E-state index contributed by atoms with van der Waals surface area (Å²) < 4.78 is 0. The molecule has 0 radical (unpaired) electrons. The van der Waals surface area contributed by atoms with E-state index < -0.39 is 5.91 Å². The Morgan fingerprint density at radius 1 is 1.00 bits per heavy atom. The summed E-state index contributed by atoms with van der Waals surface area (Å²) in [4.78, 5) is 23.3. The topological polar surface area (TPSA) is 84.2 Å². The Labute approximate surface area is 164 Å². The zero-order valence-electron chi connectivity index (χ0n) is 14.5. The molecule has 7 heteroatoms. The number of aryl methyl sites for hydroxylation is 1. The Balaban J connectivity index is 0.00000338. The smallest absolute Gasteiger partial charge is 0.257 e. The molecule has 0 bridgehead atoms. The maximum absolute atomic E-state index is 12.2. The van der Waals surface area contributed by atoms with Crippen LogP contribution in [0.15, 0.2) is 48.5 Å². The highest BCUT2D eigenvalue weighted by atomic mass is 35.5. The van der Waals surface area contributed by atoms with Crippen LogP contribution >= 0.6 is 24.6 Å². The first-order chi connectivity index (χ1) is 12.0. The monoisotopic (exact) mass is 391 g/mol. The van der Waals surface area contributed by atoms with Crippen molar-refractivity contribution in [2.45, 2.75) is 26.2 Å². The summed E-state index contributed by atoms with van der Waals surface area (Å²) in [6, 6.07) is 14.0. The number of primary amides is 1. The number of carbonyl (C=O) groups is 2. The summed E-state index contributed by atoms with van der Waals surface area (Å²) in [5.74, 6) is -0.766. The van der Waals surface area contributed by atoms with Crippen molar-refractivity contribution in [1.82, 2.24) is 5.32 Å². The number of thiocarbonyl (C=S) groups is 1. The Morgan fingerprint density at radius 3 is 2.12 bits per heavy atom. The minimum absolute atomic E-state index is 0. The maximum Gasteiger partial charge on any atom is 0.257 e. The molecule has 2 aromatic carbocycles. The Bertz CT molecular complexity index is 761. The van der Waals surface area contributed by atoms with Gasteiger partial charge in [-0.15, -0.1) is 12.4 Å². The van der Waals surface area contributed by atoms with E-state index in [1.165, 1.54) is 5.56 Å². The van der Waals surface area contributed by atoms with Crippen LogP contribution in [-0.2, 0) is 6.42 Å². The van der Waals surface area contributed by atoms with Crippen LogP contribution < -0.4 is 16.4 Å². The van der Waals surface area contributed by atoms with Gasteiger partial charge in [-0.05, 0) is 67.0 Å². The van der Waals surface area contributed by atoms with Crippen LogP contribution in [0.3, 0.4) is 0 Å².